The second-order valence-electron chi connectivity index (χ2n) is 5.84. The lowest BCUT2D eigenvalue weighted by molar-refractivity contribution is 0.387. The molecule has 0 saturated heterocycles. The molecule has 0 amide bonds. The summed E-state index contributed by atoms with van der Waals surface area (Å²) in [6, 6.07) is 23.8. The van der Waals surface area contributed by atoms with E-state index >= 15 is 0 Å². The summed E-state index contributed by atoms with van der Waals surface area (Å²) in [5.74, 6) is -0.0970. The summed E-state index contributed by atoms with van der Waals surface area (Å²) in [5, 5.41) is 12.0. The Kier molecular flexibility index (Phi) is 4.31. The predicted molar refractivity (Wildman–Crippen MR) is 104 cm³/mol. The van der Waals surface area contributed by atoms with E-state index in [4.69, 9.17) is 8.74 Å². The molecular formula is C20H14N2O4S. The zero-order chi connectivity index (χ0) is 18.9. The van der Waals surface area contributed by atoms with E-state index in [-0.39, 0.29) is 11.4 Å². The van der Waals surface area contributed by atoms with Gasteiger partial charge in [-0.15, -0.1) is 10.2 Å². The molecule has 4 aromatic rings. The molecule has 1 N–H and O–H groups in total. The van der Waals surface area contributed by atoms with Gasteiger partial charge in [0.05, 0.1) is 5.69 Å². The van der Waals surface area contributed by atoms with Crippen LogP contribution in [-0.2, 0) is 10.4 Å². The number of hydrogen-bond donors (Lipinski definition) is 1. The molecule has 6 nitrogen and oxygen atoms in total. The quantitative estimate of drug-likeness (QED) is 0.370. The lowest BCUT2D eigenvalue weighted by Gasteiger charge is -2.08. The smallest absolute Gasteiger partial charge is 0.359 e. The number of nitrogens with zero attached hydrogens (tertiary/aromatic N) is 2. The van der Waals surface area contributed by atoms with Crippen molar-refractivity contribution >= 4 is 43.3 Å². The van der Waals surface area contributed by atoms with Crippen molar-refractivity contribution in [3.05, 3.63) is 78.9 Å². The van der Waals surface area contributed by atoms with Gasteiger partial charge >= 0.3 is 10.4 Å². The van der Waals surface area contributed by atoms with Crippen LogP contribution in [0.1, 0.15) is 0 Å². The minimum Gasteiger partial charge on any atom is -0.359 e. The molecule has 134 valence electrons. The largest absolute Gasteiger partial charge is 0.446 e. The molecule has 0 saturated carbocycles. The highest BCUT2D eigenvalue weighted by Crippen LogP contribution is 2.38. The first-order valence-corrected chi connectivity index (χ1v) is 9.46. The lowest BCUT2D eigenvalue weighted by Crippen LogP contribution is -2.06. The number of rotatable bonds is 4. The number of hydrogen-bond acceptors (Lipinski definition) is 5. The normalized spacial score (nSPS) is 12.0. The molecule has 0 aliphatic rings. The van der Waals surface area contributed by atoms with Gasteiger partial charge in [0.2, 0.25) is 0 Å². The molecule has 0 heterocycles. The minimum absolute atomic E-state index is 0.0970. The van der Waals surface area contributed by atoms with Crippen molar-refractivity contribution in [3.63, 3.8) is 0 Å². The second-order valence-corrected chi connectivity index (χ2v) is 6.86. The van der Waals surface area contributed by atoms with Gasteiger partial charge in [-0.25, -0.2) is 0 Å². The van der Waals surface area contributed by atoms with Gasteiger partial charge in [-0.2, -0.15) is 8.42 Å². The SMILES string of the molecule is O=S(=O)(O)Oc1ccc2ccccc2c1N=Nc1cccc2ccccc12. The van der Waals surface area contributed by atoms with E-state index in [0.29, 0.717) is 11.1 Å². The number of fused-ring (bicyclic) bond motifs is 2. The second kappa shape index (κ2) is 6.79. The fourth-order valence-corrected chi connectivity index (χ4v) is 3.28. The van der Waals surface area contributed by atoms with Crippen LogP contribution in [0.25, 0.3) is 21.5 Å². The molecular weight excluding hydrogens is 364 g/mol. The first kappa shape index (κ1) is 17.1. The third kappa shape index (κ3) is 3.64. The maximum Gasteiger partial charge on any atom is 0.446 e. The van der Waals surface area contributed by atoms with E-state index in [1.54, 1.807) is 18.2 Å². The predicted octanol–water partition coefficient (Wildman–Crippen LogP) is 5.59. The zero-order valence-electron chi connectivity index (χ0n) is 14.0. The Bertz CT molecular complexity index is 1280. The molecule has 0 aliphatic heterocycles. The van der Waals surface area contributed by atoms with Crippen LogP contribution in [0, 0.1) is 0 Å². The molecule has 4 aromatic carbocycles. The Morgan fingerprint density at radius 2 is 1.33 bits per heavy atom. The van der Waals surface area contributed by atoms with Crippen molar-refractivity contribution < 1.29 is 17.2 Å². The fraction of sp³-hybridized carbons (Fsp3) is 0. The summed E-state index contributed by atoms with van der Waals surface area (Å²) in [6.07, 6.45) is 0. The van der Waals surface area contributed by atoms with Crippen LogP contribution in [0.4, 0.5) is 11.4 Å². The Labute approximate surface area is 155 Å². The molecule has 0 radical (unpaired) electrons. The maximum absolute atomic E-state index is 11.2. The van der Waals surface area contributed by atoms with E-state index in [2.05, 4.69) is 10.2 Å². The summed E-state index contributed by atoms with van der Waals surface area (Å²) < 4.78 is 36.2. The molecule has 0 atom stereocenters. The van der Waals surface area contributed by atoms with Crippen LogP contribution < -0.4 is 4.18 Å². The molecule has 0 aliphatic carbocycles. The van der Waals surface area contributed by atoms with Crippen LogP contribution in [-0.4, -0.2) is 13.0 Å². The third-order valence-electron chi connectivity index (χ3n) is 4.08. The topological polar surface area (TPSA) is 88.3 Å². The first-order chi connectivity index (χ1) is 13.0. The summed E-state index contributed by atoms with van der Waals surface area (Å²) in [7, 11) is -4.69. The van der Waals surface area contributed by atoms with Gasteiger partial charge in [-0.05, 0) is 22.9 Å². The number of benzene rings is 4. The van der Waals surface area contributed by atoms with Crippen LogP contribution in [0.5, 0.6) is 5.75 Å². The van der Waals surface area contributed by atoms with Crippen LogP contribution in [0.2, 0.25) is 0 Å². The van der Waals surface area contributed by atoms with E-state index in [0.717, 1.165) is 16.2 Å². The highest BCUT2D eigenvalue weighted by Gasteiger charge is 2.14. The molecule has 4 rings (SSSR count). The lowest BCUT2D eigenvalue weighted by atomic mass is 10.1. The van der Waals surface area contributed by atoms with E-state index < -0.39 is 10.4 Å². The monoisotopic (exact) mass is 378 g/mol. The van der Waals surface area contributed by atoms with Crippen molar-refractivity contribution in [2.24, 2.45) is 10.2 Å². The first-order valence-electron chi connectivity index (χ1n) is 8.09. The standard InChI is InChI=1S/C20H14N2O4S/c23-27(24,25)26-19-13-12-15-7-2-4-10-17(15)20(19)22-21-18-11-5-8-14-6-1-3-9-16(14)18/h1-13H,(H,23,24,25). The van der Waals surface area contributed by atoms with E-state index in [1.807, 2.05) is 54.6 Å². The summed E-state index contributed by atoms with van der Waals surface area (Å²) in [4.78, 5) is 0. The van der Waals surface area contributed by atoms with Crippen molar-refractivity contribution in [2.45, 2.75) is 0 Å². The Morgan fingerprint density at radius 1 is 0.704 bits per heavy atom. The van der Waals surface area contributed by atoms with Crippen LogP contribution in [0.3, 0.4) is 0 Å². The van der Waals surface area contributed by atoms with Crippen LogP contribution in [0.15, 0.2) is 89.1 Å². The maximum atomic E-state index is 11.2. The summed E-state index contributed by atoms with van der Waals surface area (Å²) >= 11 is 0. The molecule has 7 heteroatoms. The van der Waals surface area contributed by atoms with Gasteiger partial charge in [0, 0.05) is 10.8 Å². The average molecular weight is 378 g/mol. The van der Waals surface area contributed by atoms with E-state index in [9.17, 15) is 8.42 Å². The Morgan fingerprint density at radius 3 is 2.07 bits per heavy atom. The molecule has 0 aromatic heterocycles. The Hall–Kier alpha value is -3.29. The third-order valence-corrected chi connectivity index (χ3v) is 4.47. The van der Waals surface area contributed by atoms with Gasteiger partial charge in [0.15, 0.2) is 5.75 Å². The molecule has 0 bridgehead atoms. The molecule has 0 unspecified atom stereocenters. The van der Waals surface area contributed by atoms with Gasteiger partial charge in [0.1, 0.15) is 5.69 Å². The Balaban J connectivity index is 1.89. The van der Waals surface area contributed by atoms with Gasteiger partial charge in [-0.1, -0.05) is 66.7 Å². The van der Waals surface area contributed by atoms with Crippen LogP contribution >= 0.6 is 0 Å². The highest BCUT2D eigenvalue weighted by molar-refractivity contribution is 7.81. The van der Waals surface area contributed by atoms with Crippen molar-refractivity contribution in [2.75, 3.05) is 0 Å². The average Bonchev–Trinajstić information content (AvgIpc) is 2.66. The minimum atomic E-state index is -4.69. The van der Waals surface area contributed by atoms with Crippen molar-refractivity contribution in [3.8, 4) is 5.75 Å². The highest BCUT2D eigenvalue weighted by atomic mass is 32.3. The van der Waals surface area contributed by atoms with E-state index in [1.165, 1.54) is 6.07 Å². The molecule has 0 spiro atoms. The molecule has 27 heavy (non-hydrogen) atoms. The van der Waals surface area contributed by atoms with Gasteiger partial charge < -0.3 is 4.18 Å². The summed E-state index contributed by atoms with van der Waals surface area (Å²) in [5.41, 5.74) is 0.859. The van der Waals surface area contributed by atoms with Gasteiger partial charge in [0.25, 0.3) is 0 Å². The fourth-order valence-electron chi connectivity index (χ4n) is 2.92. The van der Waals surface area contributed by atoms with Gasteiger partial charge in [-0.3, -0.25) is 4.55 Å². The molecule has 0 fully saturated rings. The van der Waals surface area contributed by atoms with Crippen molar-refractivity contribution in [1.29, 1.82) is 0 Å². The number of azo groups is 1. The van der Waals surface area contributed by atoms with Crippen molar-refractivity contribution in [1.82, 2.24) is 0 Å². The summed E-state index contributed by atoms with van der Waals surface area (Å²) in [6.45, 7) is 0. The zero-order valence-corrected chi connectivity index (χ0v) is 14.8.